The molecule has 1 aliphatic rings. The summed E-state index contributed by atoms with van der Waals surface area (Å²) < 4.78 is 0. The second-order valence-corrected chi connectivity index (χ2v) is 5.46. The Kier molecular flexibility index (Phi) is 4.27. The summed E-state index contributed by atoms with van der Waals surface area (Å²) in [6.45, 7) is 4.29. The fraction of sp³-hybridized carbons (Fsp3) is 0.643. The Hall–Kier alpha value is -0.760. The van der Waals surface area contributed by atoms with Crippen LogP contribution in [0.5, 0.6) is 0 Å². The van der Waals surface area contributed by atoms with E-state index in [9.17, 15) is 0 Å². The molecule has 0 aromatic carbocycles. The average molecular weight is 253 g/mol. The van der Waals surface area contributed by atoms with E-state index in [1.165, 1.54) is 32.1 Å². The number of hydrogen-bond acceptors (Lipinski definition) is 2. The second-order valence-electron chi connectivity index (χ2n) is 5.10. The number of anilines is 1. The Labute approximate surface area is 109 Å². The zero-order valence-corrected chi connectivity index (χ0v) is 11.4. The van der Waals surface area contributed by atoms with E-state index in [0.29, 0.717) is 11.2 Å². The molecule has 3 heteroatoms. The molecule has 1 aromatic heterocycles. The monoisotopic (exact) mass is 252 g/mol. The van der Waals surface area contributed by atoms with Gasteiger partial charge < -0.3 is 5.32 Å². The summed E-state index contributed by atoms with van der Waals surface area (Å²) in [5.41, 5.74) is 2.14. The molecule has 2 nitrogen and oxygen atoms in total. The van der Waals surface area contributed by atoms with Crippen LogP contribution in [0.2, 0.25) is 5.15 Å². The highest BCUT2D eigenvalue weighted by Crippen LogP contribution is 2.28. The van der Waals surface area contributed by atoms with Crippen LogP contribution >= 0.6 is 11.6 Å². The lowest BCUT2D eigenvalue weighted by molar-refractivity contribution is 0.330. The van der Waals surface area contributed by atoms with Gasteiger partial charge in [-0.2, -0.15) is 0 Å². The van der Waals surface area contributed by atoms with Gasteiger partial charge in [-0.3, -0.25) is 0 Å². The van der Waals surface area contributed by atoms with Crippen LogP contribution in [0.1, 0.15) is 44.6 Å². The first-order valence-corrected chi connectivity index (χ1v) is 6.95. The van der Waals surface area contributed by atoms with Crippen molar-refractivity contribution in [1.82, 2.24) is 4.98 Å². The molecule has 1 aliphatic carbocycles. The van der Waals surface area contributed by atoms with Crippen LogP contribution in [0, 0.1) is 12.8 Å². The molecule has 0 unspecified atom stereocenters. The summed E-state index contributed by atoms with van der Waals surface area (Å²) in [4.78, 5) is 4.18. The van der Waals surface area contributed by atoms with Crippen LogP contribution < -0.4 is 5.32 Å². The normalized spacial score (nSPS) is 24.6. The molecule has 0 saturated heterocycles. The maximum absolute atomic E-state index is 5.92. The molecule has 0 bridgehead atoms. The van der Waals surface area contributed by atoms with Crippen LogP contribution in [0.15, 0.2) is 12.3 Å². The van der Waals surface area contributed by atoms with Gasteiger partial charge in [-0.25, -0.2) is 4.98 Å². The number of halogens is 1. The summed E-state index contributed by atoms with van der Waals surface area (Å²) in [5.74, 6) is 0.943. The maximum atomic E-state index is 5.92. The molecule has 1 fully saturated rings. The highest BCUT2D eigenvalue weighted by atomic mass is 35.5. The minimum Gasteiger partial charge on any atom is -0.381 e. The minimum atomic E-state index is 0.602. The van der Waals surface area contributed by atoms with Crippen molar-refractivity contribution in [3.63, 3.8) is 0 Å². The zero-order valence-electron chi connectivity index (χ0n) is 10.7. The van der Waals surface area contributed by atoms with Gasteiger partial charge >= 0.3 is 0 Å². The number of aryl methyl sites for hydroxylation is 1. The Balaban J connectivity index is 1.91. The zero-order chi connectivity index (χ0) is 12.3. The number of nitrogens with zero attached hydrogens (tertiary/aromatic N) is 1. The van der Waals surface area contributed by atoms with Crippen LogP contribution in [-0.2, 0) is 0 Å². The number of aromatic nitrogens is 1. The van der Waals surface area contributed by atoms with Crippen molar-refractivity contribution in [1.29, 1.82) is 0 Å². The summed E-state index contributed by atoms with van der Waals surface area (Å²) in [6, 6.07) is 2.70. The lowest BCUT2D eigenvalue weighted by atomic mass is 9.84. The third-order valence-corrected chi connectivity index (χ3v) is 4.20. The molecule has 17 heavy (non-hydrogen) atoms. The van der Waals surface area contributed by atoms with Crippen molar-refractivity contribution < 1.29 is 0 Å². The Morgan fingerprint density at radius 3 is 2.65 bits per heavy atom. The van der Waals surface area contributed by atoms with Crippen molar-refractivity contribution in [2.45, 2.75) is 52.0 Å². The van der Waals surface area contributed by atoms with Gasteiger partial charge in [0.25, 0.3) is 0 Å². The predicted molar refractivity (Wildman–Crippen MR) is 73.6 cm³/mol. The lowest BCUT2D eigenvalue weighted by Crippen LogP contribution is -2.25. The first-order chi connectivity index (χ1) is 8.19. The fourth-order valence-corrected chi connectivity index (χ4v) is 2.69. The van der Waals surface area contributed by atoms with E-state index in [-0.39, 0.29) is 0 Å². The largest absolute Gasteiger partial charge is 0.381 e. The van der Waals surface area contributed by atoms with E-state index in [0.717, 1.165) is 17.2 Å². The van der Waals surface area contributed by atoms with E-state index < -0.39 is 0 Å². The van der Waals surface area contributed by atoms with Gasteiger partial charge in [0.1, 0.15) is 5.15 Å². The van der Waals surface area contributed by atoms with Crippen LogP contribution in [-0.4, -0.2) is 11.0 Å². The first-order valence-electron chi connectivity index (χ1n) is 6.57. The van der Waals surface area contributed by atoms with E-state index in [1.807, 2.05) is 13.1 Å². The van der Waals surface area contributed by atoms with Crippen LogP contribution in [0.25, 0.3) is 0 Å². The SMILES string of the molecule is CCC1CCC(Nc2cnc(Cl)c(C)c2)CC1. The standard InChI is InChI=1S/C14H21ClN2/c1-3-11-4-6-12(7-5-11)17-13-8-10(2)14(15)16-9-13/h8-9,11-12,17H,3-7H2,1-2H3. The molecular formula is C14H21ClN2. The minimum absolute atomic E-state index is 0.602. The molecule has 0 atom stereocenters. The van der Waals surface area contributed by atoms with Gasteiger partial charge in [-0.05, 0) is 50.2 Å². The summed E-state index contributed by atoms with van der Waals surface area (Å²) >= 11 is 5.92. The lowest BCUT2D eigenvalue weighted by Gasteiger charge is -2.29. The third kappa shape index (κ3) is 3.35. The molecular weight excluding hydrogens is 232 g/mol. The molecule has 0 radical (unpaired) electrons. The van der Waals surface area contributed by atoms with Gasteiger partial charge in [0.15, 0.2) is 0 Å². The molecule has 0 aliphatic heterocycles. The Bertz CT molecular complexity index is 370. The van der Waals surface area contributed by atoms with Crippen molar-refractivity contribution in [3.8, 4) is 0 Å². The summed E-state index contributed by atoms with van der Waals surface area (Å²) in [6.07, 6.45) is 8.43. The van der Waals surface area contributed by atoms with E-state index >= 15 is 0 Å². The van der Waals surface area contributed by atoms with E-state index in [1.54, 1.807) is 0 Å². The molecule has 0 spiro atoms. The van der Waals surface area contributed by atoms with Crippen molar-refractivity contribution in [2.24, 2.45) is 5.92 Å². The molecule has 2 rings (SSSR count). The molecule has 1 saturated carbocycles. The second kappa shape index (κ2) is 5.72. The fourth-order valence-electron chi connectivity index (χ4n) is 2.59. The van der Waals surface area contributed by atoms with Gasteiger partial charge in [0, 0.05) is 6.04 Å². The smallest absolute Gasteiger partial charge is 0.132 e. The Morgan fingerprint density at radius 1 is 1.35 bits per heavy atom. The average Bonchev–Trinajstić information content (AvgIpc) is 2.35. The van der Waals surface area contributed by atoms with E-state index in [2.05, 4.69) is 23.3 Å². The van der Waals surface area contributed by atoms with Crippen LogP contribution in [0.4, 0.5) is 5.69 Å². The highest BCUT2D eigenvalue weighted by molar-refractivity contribution is 6.30. The van der Waals surface area contributed by atoms with Gasteiger partial charge in [0.2, 0.25) is 0 Å². The molecule has 0 amide bonds. The van der Waals surface area contributed by atoms with E-state index in [4.69, 9.17) is 11.6 Å². The number of pyridine rings is 1. The summed E-state index contributed by atoms with van der Waals surface area (Å²) in [7, 11) is 0. The number of hydrogen-bond donors (Lipinski definition) is 1. The Morgan fingerprint density at radius 2 is 2.06 bits per heavy atom. The molecule has 94 valence electrons. The van der Waals surface area contributed by atoms with Crippen molar-refractivity contribution in [3.05, 3.63) is 23.0 Å². The number of rotatable bonds is 3. The predicted octanol–water partition coefficient (Wildman–Crippen LogP) is 4.42. The first kappa shape index (κ1) is 12.7. The molecule has 1 N–H and O–H groups in total. The summed E-state index contributed by atoms with van der Waals surface area (Å²) in [5, 5.41) is 4.17. The number of nitrogens with one attached hydrogen (secondary N) is 1. The third-order valence-electron chi connectivity index (χ3n) is 3.81. The van der Waals surface area contributed by atoms with Crippen LogP contribution in [0.3, 0.4) is 0 Å². The van der Waals surface area contributed by atoms with Crippen molar-refractivity contribution >= 4 is 17.3 Å². The highest BCUT2D eigenvalue weighted by Gasteiger charge is 2.19. The maximum Gasteiger partial charge on any atom is 0.132 e. The van der Waals surface area contributed by atoms with Gasteiger partial charge in [-0.1, -0.05) is 24.9 Å². The molecule has 1 heterocycles. The topological polar surface area (TPSA) is 24.9 Å². The van der Waals surface area contributed by atoms with Gasteiger partial charge in [-0.15, -0.1) is 0 Å². The van der Waals surface area contributed by atoms with Crippen molar-refractivity contribution in [2.75, 3.05) is 5.32 Å². The van der Waals surface area contributed by atoms with Gasteiger partial charge in [0.05, 0.1) is 11.9 Å². The molecule has 1 aromatic rings. The quantitative estimate of drug-likeness (QED) is 0.806.